The Morgan fingerprint density at radius 3 is 2.96 bits per heavy atom. The summed E-state index contributed by atoms with van der Waals surface area (Å²) < 4.78 is 3.87. The van der Waals surface area contributed by atoms with Crippen LogP contribution < -0.4 is 0 Å². The number of halogens is 1. The molecule has 1 aliphatic carbocycles. The van der Waals surface area contributed by atoms with Gasteiger partial charge in [0.1, 0.15) is 0 Å². The topological polar surface area (TPSA) is 8.17 Å². The Balaban J connectivity index is 1.61. The van der Waals surface area contributed by atoms with E-state index >= 15 is 0 Å². The SMILES string of the molecule is Cc1ccc2c(c1)c1c3n2CCCN(Cc2cc(Br)cs2)C3CCC1. The first kappa shape index (κ1) is 16.1. The molecule has 1 atom stereocenters. The van der Waals surface area contributed by atoms with Gasteiger partial charge in [-0.3, -0.25) is 4.90 Å². The van der Waals surface area contributed by atoms with E-state index in [2.05, 4.69) is 62.0 Å². The quantitative estimate of drug-likeness (QED) is 0.494. The minimum atomic E-state index is 0.583. The van der Waals surface area contributed by atoms with Crippen molar-refractivity contribution in [2.45, 2.75) is 51.7 Å². The lowest BCUT2D eigenvalue weighted by Crippen LogP contribution is -2.30. The zero-order valence-corrected chi connectivity index (χ0v) is 17.0. The van der Waals surface area contributed by atoms with Crippen molar-refractivity contribution >= 4 is 38.2 Å². The molecular weight excluding hydrogens is 392 g/mol. The second-order valence-electron chi connectivity index (χ2n) is 7.50. The fraction of sp³-hybridized carbons (Fsp3) is 0.429. The van der Waals surface area contributed by atoms with Crippen molar-refractivity contribution in [3.63, 3.8) is 0 Å². The number of aryl methyl sites for hydroxylation is 3. The second-order valence-corrected chi connectivity index (χ2v) is 9.41. The maximum atomic E-state index is 3.61. The summed E-state index contributed by atoms with van der Waals surface area (Å²) in [5, 5.41) is 3.72. The zero-order chi connectivity index (χ0) is 17.0. The van der Waals surface area contributed by atoms with Crippen LogP contribution in [0, 0.1) is 6.92 Å². The number of hydrogen-bond donors (Lipinski definition) is 0. The molecule has 130 valence electrons. The Morgan fingerprint density at radius 2 is 2.12 bits per heavy atom. The van der Waals surface area contributed by atoms with Gasteiger partial charge in [-0.15, -0.1) is 11.3 Å². The Kier molecular flexibility index (Phi) is 4.03. The number of rotatable bonds is 2. The summed E-state index contributed by atoms with van der Waals surface area (Å²) in [6.07, 6.45) is 5.11. The van der Waals surface area contributed by atoms with Gasteiger partial charge in [0, 0.05) is 51.0 Å². The van der Waals surface area contributed by atoms with Crippen LogP contribution in [-0.4, -0.2) is 16.0 Å². The van der Waals surface area contributed by atoms with Gasteiger partial charge < -0.3 is 4.57 Å². The van der Waals surface area contributed by atoms with Crippen molar-refractivity contribution in [1.82, 2.24) is 9.47 Å². The third-order valence-electron chi connectivity index (χ3n) is 5.84. The van der Waals surface area contributed by atoms with Crippen LogP contribution in [0.15, 0.2) is 34.1 Å². The summed E-state index contributed by atoms with van der Waals surface area (Å²) in [7, 11) is 0. The first-order valence-electron chi connectivity index (χ1n) is 9.29. The van der Waals surface area contributed by atoms with Gasteiger partial charge in [0.2, 0.25) is 0 Å². The molecule has 0 bridgehead atoms. The summed E-state index contributed by atoms with van der Waals surface area (Å²) in [6, 6.07) is 9.91. The lowest BCUT2D eigenvalue weighted by Gasteiger charge is -2.33. The summed E-state index contributed by atoms with van der Waals surface area (Å²) in [5.74, 6) is 0. The summed E-state index contributed by atoms with van der Waals surface area (Å²) in [6.45, 7) is 5.67. The van der Waals surface area contributed by atoms with Crippen LogP contribution in [0.1, 0.15) is 47.0 Å². The van der Waals surface area contributed by atoms with Gasteiger partial charge in [-0.25, -0.2) is 0 Å². The molecule has 1 unspecified atom stereocenters. The Labute approximate surface area is 161 Å². The lowest BCUT2D eigenvalue weighted by molar-refractivity contribution is 0.175. The lowest BCUT2D eigenvalue weighted by atomic mass is 9.90. The van der Waals surface area contributed by atoms with Gasteiger partial charge >= 0.3 is 0 Å². The first-order chi connectivity index (χ1) is 12.2. The number of thiophene rings is 1. The molecule has 0 saturated carbocycles. The van der Waals surface area contributed by atoms with Gasteiger partial charge in [-0.05, 0) is 72.3 Å². The molecule has 0 fully saturated rings. The Hall–Kier alpha value is -1.10. The van der Waals surface area contributed by atoms with Crippen LogP contribution >= 0.6 is 27.3 Å². The summed E-state index contributed by atoms with van der Waals surface area (Å²) in [5.41, 5.74) is 6.10. The van der Waals surface area contributed by atoms with Gasteiger partial charge in [0.05, 0.1) is 6.04 Å². The minimum absolute atomic E-state index is 0.583. The molecule has 0 radical (unpaired) electrons. The van der Waals surface area contributed by atoms with Crippen molar-refractivity contribution in [2.75, 3.05) is 6.54 Å². The fourth-order valence-corrected chi connectivity index (χ4v) is 6.30. The number of aromatic nitrogens is 1. The van der Waals surface area contributed by atoms with E-state index in [1.807, 2.05) is 11.3 Å². The fourth-order valence-electron chi connectivity index (χ4n) is 4.82. The highest BCUT2D eigenvalue weighted by Gasteiger charge is 2.33. The molecule has 1 aromatic carbocycles. The maximum Gasteiger partial charge on any atom is 0.0507 e. The minimum Gasteiger partial charge on any atom is -0.343 e. The number of benzene rings is 1. The summed E-state index contributed by atoms with van der Waals surface area (Å²) >= 11 is 5.49. The van der Waals surface area contributed by atoms with E-state index in [4.69, 9.17) is 0 Å². The predicted octanol–water partition coefficient (Wildman–Crippen LogP) is 6.06. The van der Waals surface area contributed by atoms with E-state index in [0.29, 0.717) is 6.04 Å². The largest absolute Gasteiger partial charge is 0.343 e. The number of nitrogens with zero attached hydrogens (tertiary/aromatic N) is 2. The average Bonchev–Trinajstić information content (AvgIpc) is 3.09. The number of fused-ring (bicyclic) bond motifs is 3. The van der Waals surface area contributed by atoms with Crippen LogP contribution in [-0.2, 0) is 19.5 Å². The first-order valence-corrected chi connectivity index (χ1v) is 11.0. The molecule has 1 aliphatic heterocycles. The van der Waals surface area contributed by atoms with Crippen LogP contribution in [0.5, 0.6) is 0 Å². The van der Waals surface area contributed by atoms with Crippen molar-refractivity contribution in [2.24, 2.45) is 0 Å². The molecule has 3 heterocycles. The van der Waals surface area contributed by atoms with Crippen molar-refractivity contribution in [3.8, 4) is 0 Å². The van der Waals surface area contributed by atoms with E-state index in [-0.39, 0.29) is 0 Å². The Bertz CT molecular complexity index is 935. The molecule has 5 rings (SSSR count). The highest BCUT2D eigenvalue weighted by Crippen LogP contribution is 2.43. The highest BCUT2D eigenvalue weighted by atomic mass is 79.9. The molecular formula is C21H23BrN2S. The Morgan fingerprint density at radius 1 is 1.20 bits per heavy atom. The molecule has 2 aliphatic rings. The molecule has 3 aromatic rings. The van der Waals surface area contributed by atoms with Crippen molar-refractivity contribution in [1.29, 1.82) is 0 Å². The highest BCUT2D eigenvalue weighted by molar-refractivity contribution is 9.10. The molecule has 0 saturated heterocycles. The average molecular weight is 415 g/mol. The third-order valence-corrected chi connectivity index (χ3v) is 7.52. The van der Waals surface area contributed by atoms with E-state index in [9.17, 15) is 0 Å². The third kappa shape index (κ3) is 2.70. The van der Waals surface area contributed by atoms with Gasteiger partial charge in [0.15, 0.2) is 0 Å². The van der Waals surface area contributed by atoms with Gasteiger partial charge in [-0.2, -0.15) is 0 Å². The van der Waals surface area contributed by atoms with Crippen molar-refractivity contribution in [3.05, 3.63) is 55.8 Å². The smallest absolute Gasteiger partial charge is 0.0507 e. The van der Waals surface area contributed by atoms with Crippen LogP contribution in [0.3, 0.4) is 0 Å². The molecule has 2 nitrogen and oxygen atoms in total. The predicted molar refractivity (Wildman–Crippen MR) is 109 cm³/mol. The zero-order valence-electron chi connectivity index (χ0n) is 14.6. The molecule has 4 heteroatoms. The van der Waals surface area contributed by atoms with Crippen LogP contribution in [0.4, 0.5) is 0 Å². The molecule has 0 amide bonds. The standard InChI is InChI=1S/C21H23BrN2S/c1-14-6-7-19-18(10-14)17-4-2-5-20-21(17)24(19)9-3-8-23(20)12-16-11-15(22)13-25-16/h6-7,10-11,13,20H,2-5,8-9,12H2,1H3. The van der Waals surface area contributed by atoms with E-state index in [0.717, 1.165) is 13.1 Å². The van der Waals surface area contributed by atoms with E-state index in [1.54, 1.807) is 11.3 Å². The molecule has 2 aromatic heterocycles. The van der Waals surface area contributed by atoms with Crippen molar-refractivity contribution < 1.29 is 0 Å². The van der Waals surface area contributed by atoms with E-state index in [1.165, 1.54) is 58.0 Å². The van der Waals surface area contributed by atoms with Gasteiger partial charge in [0.25, 0.3) is 0 Å². The molecule has 25 heavy (non-hydrogen) atoms. The van der Waals surface area contributed by atoms with Gasteiger partial charge in [-0.1, -0.05) is 11.6 Å². The number of hydrogen-bond acceptors (Lipinski definition) is 2. The van der Waals surface area contributed by atoms with Crippen LogP contribution in [0.25, 0.3) is 10.9 Å². The molecule has 0 spiro atoms. The monoisotopic (exact) mass is 414 g/mol. The summed E-state index contributed by atoms with van der Waals surface area (Å²) in [4.78, 5) is 4.21. The van der Waals surface area contributed by atoms with Crippen LogP contribution in [0.2, 0.25) is 0 Å². The normalized spacial score (nSPS) is 20.6. The maximum absolute atomic E-state index is 3.61. The molecule has 0 N–H and O–H groups in total. The second kappa shape index (κ2) is 6.26. The van der Waals surface area contributed by atoms with E-state index < -0.39 is 0 Å².